The molecule has 0 saturated carbocycles. The summed E-state index contributed by atoms with van der Waals surface area (Å²) in [6, 6.07) is 7.18. The van der Waals surface area contributed by atoms with Crippen molar-refractivity contribution in [3.05, 3.63) is 29.8 Å². The Morgan fingerprint density at radius 2 is 1.71 bits per heavy atom. The summed E-state index contributed by atoms with van der Waals surface area (Å²) >= 11 is 0. The number of para-hydroxylation sites is 1. The standard InChI is InChI=1S/C10H13NO2.2C2H6/c1-3-13-9-7-5-4-6-8(9)10(12)11-2;2*1-2/h4-7H,3H2,1-2H3,(H,11,12);2*1-2H3. The van der Waals surface area contributed by atoms with Gasteiger partial charge in [0, 0.05) is 7.05 Å². The Morgan fingerprint density at radius 1 is 1.18 bits per heavy atom. The van der Waals surface area contributed by atoms with Crippen molar-refractivity contribution in [3.63, 3.8) is 0 Å². The van der Waals surface area contributed by atoms with Gasteiger partial charge in [0.25, 0.3) is 5.91 Å². The predicted octanol–water partition coefficient (Wildman–Crippen LogP) is 3.50. The summed E-state index contributed by atoms with van der Waals surface area (Å²) in [6.07, 6.45) is 0. The van der Waals surface area contributed by atoms with Crippen LogP contribution in [0.1, 0.15) is 45.0 Å². The zero-order valence-corrected chi connectivity index (χ0v) is 11.8. The average molecular weight is 239 g/mol. The average Bonchev–Trinajstić information content (AvgIpc) is 2.43. The fourth-order valence-corrected chi connectivity index (χ4v) is 1.07. The quantitative estimate of drug-likeness (QED) is 0.876. The molecule has 0 unspecified atom stereocenters. The van der Waals surface area contributed by atoms with Crippen LogP contribution in [-0.2, 0) is 0 Å². The Bertz CT molecular complexity index is 298. The minimum absolute atomic E-state index is 0.121. The van der Waals surface area contributed by atoms with Gasteiger partial charge in [0.1, 0.15) is 5.75 Å². The van der Waals surface area contributed by atoms with Gasteiger partial charge in [-0.15, -0.1) is 0 Å². The number of nitrogens with one attached hydrogen (secondary N) is 1. The molecule has 1 rings (SSSR count). The topological polar surface area (TPSA) is 38.3 Å². The fraction of sp³-hybridized carbons (Fsp3) is 0.500. The molecule has 0 aromatic heterocycles. The van der Waals surface area contributed by atoms with E-state index in [1.807, 2.05) is 46.8 Å². The van der Waals surface area contributed by atoms with Crippen molar-refractivity contribution in [1.82, 2.24) is 5.32 Å². The molecule has 1 amide bonds. The number of hydrogen-bond donors (Lipinski definition) is 1. The molecule has 0 spiro atoms. The Hall–Kier alpha value is -1.51. The van der Waals surface area contributed by atoms with E-state index in [1.165, 1.54) is 0 Å². The van der Waals surface area contributed by atoms with Crippen molar-refractivity contribution in [2.45, 2.75) is 34.6 Å². The molecule has 3 nitrogen and oxygen atoms in total. The normalized spacial score (nSPS) is 7.88. The predicted molar refractivity (Wildman–Crippen MR) is 73.7 cm³/mol. The largest absolute Gasteiger partial charge is 0.493 e. The summed E-state index contributed by atoms with van der Waals surface area (Å²) < 4.78 is 5.30. The van der Waals surface area contributed by atoms with Crippen molar-refractivity contribution < 1.29 is 9.53 Å². The van der Waals surface area contributed by atoms with E-state index in [4.69, 9.17) is 4.74 Å². The van der Waals surface area contributed by atoms with Crippen LogP contribution >= 0.6 is 0 Å². The highest BCUT2D eigenvalue weighted by atomic mass is 16.5. The molecule has 1 N–H and O–H groups in total. The summed E-state index contributed by atoms with van der Waals surface area (Å²) in [6.45, 7) is 10.5. The van der Waals surface area contributed by atoms with Crippen LogP contribution in [0.2, 0.25) is 0 Å². The van der Waals surface area contributed by atoms with Crippen LogP contribution in [0.25, 0.3) is 0 Å². The minimum Gasteiger partial charge on any atom is -0.493 e. The molecule has 0 aliphatic heterocycles. The second kappa shape index (κ2) is 12.6. The van der Waals surface area contributed by atoms with Crippen LogP contribution in [0.5, 0.6) is 5.75 Å². The van der Waals surface area contributed by atoms with Crippen molar-refractivity contribution >= 4 is 5.91 Å². The molecule has 0 saturated heterocycles. The molecule has 0 aliphatic rings. The smallest absolute Gasteiger partial charge is 0.254 e. The third kappa shape index (κ3) is 6.61. The van der Waals surface area contributed by atoms with Crippen LogP contribution in [0.3, 0.4) is 0 Å². The van der Waals surface area contributed by atoms with Gasteiger partial charge in [-0.1, -0.05) is 39.8 Å². The van der Waals surface area contributed by atoms with Gasteiger partial charge in [-0.2, -0.15) is 0 Å². The highest BCUT2D eigenvalue weighted by Crippen LogP contribution is 2.17. The summed E-state index contributed by atoms with van der Waals surface area (Å²) in [5.41, 5.74) is 0.576. The molecule has 17 heavy (non-hydrogen) atoms. The second-order valence-electron chi connectivity index (χ2n) is 2.51. The Labute approximate surface area is 105 Å². The van der Waals surface area contributed by atoms with Gasteiger partial charge in [0.05, 0.1) is 12.2 Å². The molecule has 0 atom stereocenters. The number of benzene rings is 1. The maximum absolute atomic E-state index is 11.3. The van der Waals surface area contributed by atoms with Crippen LogP contribution in [-0.4, -0.2) is 19.6 Å². The number of ether oxygens (including phenoxy) is 1. The lowest BCUT2D eigenvalue weighted by molar-refractivity contribution is 0.0959. The Kier molecular flexibility index (Phi) is 13.2. The van der Waals surface area contributed by atoms with Crippen LogP contribution in [0.4, 0.5) is 0 Å². The van der Waals surface area contributed by atoms with E-state index < -0.39 is 0 Å². The van der Waals surface area contributed by atoms with Gasteiger partial charge in [0.15, 0.2) is 0 Å². The number of hydrogen-bond acceptors (Lipinski definition) is 2. The molecule has 98 valence electrons. The number of carbonyl (C=O) groups excluding carboxylic acids is 1. The lowest BCUT2D eigenvalue weighted by Crippen LogP contribution is -2.18. The first-order chi connectivity index (χ1) is 8.29. The third-order valence-corrected chi connectivity index (χ3v) is 1.66. The summed E-state index contributed by atoms with van der Waals surface area (Å²) in [4.78, 5) is 11.3. The van der Waals surface area contributed by atoms with Gasteiger partial charge < -0.3 is 10.1 Å². The maximum Gasteiger partial charge on any atom is 0.254 e. The van der Waals surface area contributed by atoms with Crippen molar-refractivity contribution in [2.24, 2.45) is 0 Å². The lowest BCUT2D eigenvalue weighted by Gasteiger charge is -2.07. The highest BCUT2D eigenvalue weighted by Gasteiger charge is 2.08. The van der Waals surface area contributed by atoms with Gasteiger partial charge >= 0.3 is 0 Å². The first-order valence-electron chi connectivity index (χ1n) is 6.23. The summed E-state index contributed by atoms with van der Waals surface area (Å²) in [5.74, 6) is 0.508. The lowest BCUT2D eigenvalue weighted by atomic mass is 10.2. The zero-order valence-electron chi connectivity index (χ0n) is 11.8. The van der Waals surface area contributed by atoms with Crippen LogP contribution < -0.4 is 10.1 Å². The van der Waals surface area contributed by atoms with Crippen molar-refractivity contribution in [1.29, 1.82) is 0 Å². The first-order valence-corrected chi connectivity index (χ1v) is 6.23. The summed E-state index contributed by atoms with van der Waals surface area (Å²) in [7, 11) is 1.60. The number of rotatable bonds is 3. The summed E-state index contributed by atoms with van der Waals surface area (Å²) in [5, 5.41) is 2.56. The molecule has 0 heterocycles. The van der Waals surface area contributed by atoms with E-state index in [2.05, 4.69) is 5.32 Å². The Morgan fingerprint density at radius 3 is 2.18 bits per heavy atom. The van der Waals surface area contributed by atoms with Crippen LogP contribution in [0, 0.1) is 0 Å². The highest BCUT2D eigenvalue weighted by molar-refractivity contribution is 5.96. The van der Waals surface area contributed by atoms with Crippen molar-refractivity contribution in [3.8, 4) is 5.75 Å². The van der Waals surface area contributed by atoms with Gasteiger partial charge in [0.2, 0.25) is 0 Å². The van der Waals surface area contributed by atoms with E-state index in [1.54, 1.807) is 19.2 Å². The third-order valence-electron chi connectivity index (χ3n) is 1.66. The monoisotopic (exact) mass is 239 g/mol. The molecule has 0 radical (unpaired) electrons. The molecule has 1 aromatic carbocycles. The fourth-order valence-electron chi connectivity index (χ4n) is 1.07. The minimum atomic E-state index is -0.121. The van der Waals surface area contributed by atoms with Crippen LogP contribution in [0.15, 0.2) is 24.3 Å². The van der Waals surface area contributed by atoms with E-state index in [0.29, 0.717) is 17.9 Å². The van der Waals surface area contributed by atoms with E-state index in [0.717, 1.165) is 0 Å². The molecule has 0 aliphatic carbocycles. The molecular weight excluding hydrogens is 214 g/mol. The second-order valence-corrected chi connectivity index (χ2v) is 2.51. The van der Waals surface area contributed by atoms with E-state index in [9.17, 15) is 4.79 Å². The molecule has 1 aromatic rings. The van der Waals surface area contributed by atoms with Gasteiger partial charge in [-0.05, 0) is 19.1 Å². The van der Waals surface area contributed by atoms with Gasteiger partial charge in [-0.25, -0.2) is 0 Å². The molecule has 0 fully saturated rings. The van der Waals surface area contributed by atoms with E-state index >= 15 is 0 Å². The molecule has 3 heteroatoms. The zero-order chi connectivity index (χ0) is 13.7. The van der Waals surface area contributed by atoms with Crippen molar-refractivity contribution in [2.75, 3.05) is 13.7 Å². The molecule has 0 bridgehead atoms. The van der Waals surface area contributed by atoms with Gasteiger partial charge in [-0.3, -0.25) is 4.79 Å². The number of amides is 1. The SMILES string of the molecule is CC.CC.CCOc1ccccc1C(=O)NC. The maximum atomic E-state index is 11.3. The number of carbonyl (C=O) groups is 1. The molecular formula is C14H25NO2. The first kappa shape index (κ1) is 17.9. The Balaban J connectivity index is 0. The van der Waals surface area contributed by atoms with E-state index in [-0.39, 0.29) is 5.91 Å².